The summed E-state index contributed by atoms with van der Waals surface area (Å²) >= 11 is 0. The maximum absolute atomic E-state index is 12.4. The van der Waals surface area contributed by atoms with E-state index in [9.17, 15) is 4.79 Å². The highest BCUT2D eigenvalue weighted by atomic mass is 16.2. The van der Waals surface area contributed by atoms with E-state index in [1.54, 1.807) is 0 Å². The Hall–Kier alpha value is -0.610. The van der Waals surface area contributed by atoms with Crippen LogP contribution in [0.4, 0.5) is 0 Å². The molecule has 1 unspecified atom stereocenters. The van der Waals surface area contributed by atoms with Crippen molar-refractivity contribution in [3.8, 4) is 0 Å². The summed E-state index contributed by atoms with van der Waals surface area (Å²) in [6, 6.07) is 0.836. The van der Waals surface area contributed by atoms with E-state index in [1.807, 2.05) is 19.0 Å². The molecule has 2 saturated carbocycles. The first-order valence-electron chi connectivity index (χ1n) is 8.19. The number of hydrogen-bond donors (Lipinski definition) is 1. The minimum Gasteiger partial charge on any atom is -0.342 e. The molecular formula is C16H31N3O. The van der Waals surface area contributed by atoms with Gasteiger partial charge in [0.05, 0.1) is 6.54 Å². The van der Waals surface area contributed by atoms with E-state index in [-0.39, 0.29) is 5.91 Å². The molecule has 0 radical (unpaired) electrons. The molecule has 0 aliphatic heterocycles. The van der Waals surface area contributed by atoms with Gasteiger partial charge in [-0.1, -0.05) is 6.92 Å². The van der Waals surface area contributed by atoms with Crippen molar-refractivity contribution in [3.63, 3.8) is 0 Å². The van der Waals surface area contributed by atoms with Crippen LogP contribution in [-0.4, -0.2) is 55.0 Å². The molecule has 0 aromatic carbocycles. The zero-order valence-corrected chi connectivity index (χ0v) is 13.3. The molecule has 0 aromatic rings. The van der Waals surface area contributed by atoms with Gasteiger partial charge in [-0.25, -0.2) is 0 Å². The highest BCUT2D eigenvalue weighted by Crippen LogP contribution is 2.34. The molecule has 2 aliphatic carbocycles. The lowest BCUT2D eigenvalue weighted by molar-refractivity contribution is -0.134. The van der Waals surface area contributed by atoms with Crippen molar-refractivity contribution in [1.82, 2.24) is 9.80 Å². The second kappa shape index (κ2) is 6.90. The predicted octanol–water partition coefficient (Wildman–Crippen LogP) is 1.69. The fraction of sp³-hybridized carbons (Fsp3) is 0.938. The van der Waals surface area contributed by atoms with E-state index in [4.69, 9.17) is 5.73 Å². The van der Waals surface area contributed by atoms with Crippen molar-refractivity contribution >= 4 is 5.91 Å². The SMILES string of the molecule is CC1CCC(N(C)C(=O)CN(C)C(CN)C2CC2)CC1. The third-order valence-electron chi connectivity index (χ3n) is 5.28. The maximum Gasteiger partial charge on any atom is 0.236 e. The molecule has 2 fully saturated rings. The van der Waals surface area contributed by atoms with Crippen LogP contribution in [0, 0.1) is 11.8 Å². The maximum atomic E-state index is 12.4. The van der Waals surface area contributed by atoms with Crippen molar-refractivity contribution in [1.29, 1.82) is 0 Å². The molecule has 0 saturated heterocycles. The Balaban J connectivity index is 1.80. The molecule has 2 N–H and O–H groups in total. The first kappa shape index (κ1) is 15.8. The van der Waals surface area contributed by atoms with Crippen molar-refractivity contribution in [3.05, 3.63) is 0 Å². The third kappa shape index (κ3) is 3.95. The Labute approximate surface area is 123 Å². The van der Waals surface area contributed by atoms with Gasteiger partial charge in [-0.2, -0.15) is 0 Å². The second-order valence-corrected chi connectivity index (χ2v) is 6.97. The molecule has 20 heavy (non-hydrogen) atoms. The Morgan fingerprint density at radius 3 is 2.25 bits per heavy atom. The van der Waals surface area contributed by atoms with E-state index in [0.29, 0.717) is 25.2 Å². The average molecular weight is 281 g/mol. The van der Waals surface area contributed by atoms with Gasteiger partial charge in [0, 0.05) is 25.7 Å². The van der Waals surface area contributed by atoms with E-state index < -0.39 is 0 Å². The lowest BCUT2D eigenvalue weighted by atomic mass is 9.87. The van der Waals surface area contributed by atoms with Crippen molar-refractivity contribution in [2.75, 3.05) is 27.2 Å². The van der Waals surface area contributed by atoms with Crippen LogP contribution in [0.3, 0.4) is 0 Å². The number of likely N-dealkylation sites (N-methyl/N-ethyl adjacent to an activating group) is 2. The number of nitrogens with zero attached hydrogens (tertiary/aromatic N) is 2. The van der Waals surface area contributed by atoms with Crippen LogP contribution in [0.25, 0.3) is 0 Å². The lowest BCUT2D eigenvalue weighted by Gasteiger charge is -2.35. The van der Waals surface area contributed by atoms with Crippen molar-refractivity contribution in [2.45, 2.75) is 57.5 Å². The number of hydrogen-bond acceptors (Lipinski definition) is 3. The summed E-state index contributed by atoms with van der Waals surface area (Å²) in [6.07, 6.45) is 7.39. The smallest absolute Gasteiger partial charge is 0.236 e. The van der Waals surface area contributed by atoms with Crippen LogP contribution in [0.5, 0.6) is 0 Å². The number of nitrogens with two attached hydrogens (primary N) is 1. The topological polar surface area (TPSA) is 49.6 Å². The van der Waals surface area contributed by atoms with Gasteiger partial charge in [-0.3, -0.25) is 9.69 Å². The van der Waals surface area contributed by atoms with Crippen LogP contribution >= 0.6 is 0 Å². The first-order valence-corrected chi connectivity index (χ1v) is 8.19. The monoisotopic (exact) mass is 281 g/mol. The van der Waals surface area contributed by atoms with Crippen molar-refractivity contribution in [2.24, 2.45) is 17.6 Å². The molecule has 4 nitrogen and oxygen atoms in total. The van der Waals surface area contributed by atoms with Crippen LogP contribution in [0.1, 0.15) is 45.4 Å². The molecule has 116 valence electrons. The fourth-order valence-electron chi connectivity index (χ4n) is 3.49. The largest absolute Gasteiger partial charge is 0.342 e. The van der Waals surface area contributed by atoms with E-state index in [0.717, 1.165) is 24.7 Å². The Morgan fingerprint density at radius 1 is 1.15 bits per heavy atom. The summed E-state index contributed by atoms with van der Waals surface area (Å²) in [7, 11) is 4.02. The highest BCUT2D eigenvalue weighted by molar-refractivity contribution is 5.78. The number of carbonyl (C=O) groups is 1. The standard InChI is InChI=1S/C16H31N3O/c1-12-4-8-14(9-5-12)19(3)16(20)11-18(2)15(10-17)13-6-7-13/h12-15H,4-11,17H2,1-3H3. The normalized spacial score (nSPS) is 28.4. The number of rotatable bonds is 6. The van der Waals surface area contributed by atoms with Crippen LogP contribution in [-0.2, 0) is 4.79 Å². The van der Waals surface area contributed by atoms with Gasteiger partial charge in [0.25, 0.3) is 0 Å². The quantitative estimate of drug-likeness (QED) is 0.806. The average Bonchev–Trinajstić information content (AvgIpc) is 3.24. The minimum atomic E-state index is 0.256. The van der Waals surface area contributed by atoms with Gasteiger partial charge in [-0.15, -0.1) is 0 Å². The van der Waals surface area contributed by atoms with Gasteiger partial charge >= 0.3 is 0 Å². The van der Waals surface area contributed by atoms with Gasteiger partial charge in [0.1, 0.15) is 0 Å². The summed E-state index contributed by atoms with van der Waals surface area (Å²) in [5.41, 5.74) is 5.86. The van der Waals surface area contributed by atoms with Crippen LogP contribution in [0.2, 0.25) is 0 Å². The summed E-state index contributed by atoms with van der Waals surface area (Å²) in [5.74, 6) is 1.80. The fourth-order valence-corrected chi connectivity index (χ4v) is 3.49. The molecular weight excluding hydrogens is 250 g/mol. The van der Waals surface area contributed by atoms with Gasteiger partial charge in [0.2, 0.25) is 5.91 Å². The van der Waals surface area contributed by atoms with E-state index >= 15 is 0 Å². The van der Waals surface area contributed by atoms with Gasteiger partial charge in [-0.05, 0) is 57.4 Å². The number of carbonyl (C=O) groups excluding carboxylic acids is 1. The zero-order chi connectivity index (χ0) is 14.7. The molecule has 4 heteroatoms. The Bertz CT molecular complexity index is 322. The summed E-state index contributed by atoms with van der Waals surface area (Å²) in [5, 5.41) is 0. The summed E-state index contributed by atoms with van der Waals surface area (Å²) < 4.78 is 0. The molecule has 0 aromatic heterocycles. The van der Waals surface area contributed by atoms with Crippen LogP contribution < -0.4 is 5.73 Å². The van der Waals surface area contributed by atoms with Gasteiger partial charge in [0.15, 0.2) is 0 Å². The van der Waals surface area contributed by atoms with E-state index in [2.05, 4.69) is 11.8 Å². The molecule has 2 aliphatic rings. The van der Waals surface area contributed by atoms with E-state index in [1.165, 1.54) is 25.7 Å². The van der Waals surface area contributed by atoms with Gasteiger partial charge < -0.3 is 10.6 Å². The lowest BCUT2D eigenvalue weighted by Crippen LogP contribution is -2.48. The highest BCUT2D eigenvalue weighted by Gasteiger charge is 2.34. The summed E-state index contributed by atoms with van der Waals surface area (Å²) in [6.45, 7) is 3.49. The molecule has 0 spiro atoms. The third-order valence-corrected chi connectivity index (χ3v) is 5.28. The molecule has 1 atom stereocenters. The van der Waals surface area contributed by atoms with Crippen molar-refractivity contribution < 1.29 is 4.79 Å². The summed E-state index contributed by atoms with van der Waals surface area (Å²) in [4.78, 5) is 16.6. The number of amides is 1. The second-order valence-electron chi connectivity index (χ2n) is 6.97. The molecule has 2 rings (SSSR count). The Kier molecular flexibility index (Phi) is 5.44. The first-order chi connectivity index (χ1) is 9.52. The predicted molar refractivity (Wildman–Crippen MR) is 82.4 cm³/mol. The molecule has 0 bridgehead atoms. The molecule has 0 heterocycles. The zero-order valence-electron chi connectivity index (χ0n) is 13.3. The Morgan fingerprint density at radius 2 is 1.75 bits per heavy atom. The molecule has 1 amide bonds. The van der Waals surface area contributed by atoms with Crippen LogP contribution in [0.15, 0.2) is 0 Å². The minimum absolute atomic E-state index is 0.256.